The molecule has 1 amide bonds. The van der Waals surface area contributed by atoms with Crippen molar-refractivity contribution in [3.8, 4) is 0 Å². The molecule has 0 bridgehead atoms. The van der Waals surface area contributed by atoms with Crippen molar-refractivity contribution in [1.29, 1.82) is 0 Å². The zero-order valence-corrected chi connectivity index (χ0v) is 14.8. The molecule has 6 nitrogen and oxygen atoms in total. The molecule has 0 N–H and O–H groups in total. The highest BCUT2D eigenvalue weighted by molar-refractivity contribution is 5.81. The van der Waals surface area contributed by atoms with Gasteiger partial charge >= 0.3 is 0 Å². The van der Waals surface area contributed by atoms with E-state index < -0.39 is 0 Å². The Kier molecular flexibility index (Phi) is 4.22. The third-order valence-electron chi connectivity index (χ3n) is 5.21. The number of likely N-dealkylation sites (tertiary alicyclic amines) is 1. The van der Waals surface area contributed by atoms with E-state index in [2.05, 4.69) is 10.3 Å². The van der Waals surface area contributed by atoms with Crippen LogP contribution in [0.5, 0.6) is 0 Å². The summed E-state index contributed by atoms with van der Waals surface area (Å²) in [6.07, 6.45) is 1.94. The Hall–Kier alpha value is -2.70. The molecule has 4 rings (SSSR count). The maximum Gasteiger partial charge on any atom is 0.227 e. The first-order valence-electron chi connectivity index (χ1n) is 8.77. The van der Waals surface area contributed by atoms with Gasteiger partial charge < -0.3 is 13.9 Å². The summed E-state index contributed by atoms with van der Waals surface area (Å²) in [4.78, 5) is 14.5. The molecule has 0 unspecified atom stereocenters. The van der Waals surface area contributed by atoms with Crippen molar-refractivity contribution >= 4 is 16.9 Å². The van der Waals surface area contributed by atoms with Gasteiger partial charge in [0.25, 0.3) is 0 Å². The van der Waals surface area contributed by atoms with Gasteiger partial charge in [0, 0.05) is 36.0 Å². The lowest BCUT2D eigenvalue weighted by molar-refractivity contribution is -0.131. The molecule has 7 heteroatoms. The largest absolute Gasteiger partial charge is 0.361 e. The van der Waals surface area contributed by atoms with Crippen LogP contribution < -0.4 is 0 Å². The summed E-state index contributed by atoms with van der Waals surface area (Å²) in [5.41, 5.74) is 2.98. The zero-order chi connectivity index (χ0) is 18.3. The molecule has 2 aromatic heterocycles. The highest BCUT2D eigenvalue weighted by Crippen LogP contribution is 2.33. The van der Waals surface area contributed by atoms with Gasteiger partial charge in [0.1, 0.15) is 11.6 Å². The van der Waals surface area contributed by atoms with Crippen LogP contribution in [-0.2, 0) is 11.2 Å². The van der Waals surface area contributed by atoms with Crippen LogP contribution in [0.2, 0.25) is 0 Å². The Labute approximate surface area is 149 Å². The van der Waals surface area contributed by atoms with Crippen molar-refractivity contribution in [2.24, 2.45) is 0 Å². The fourth-order valence-corrected chi connectivity index (χ4v) is 3.64. The van der Waals surface area contributed by atoms with Crippen molar-refractivity contribution in [2.75, 3.05) is 13.1 Å². The van der Waals surface area contributed by atoms with Crippen LogP contribution >= 0.6 is 0 Å². The van der Waals surface area contributed by atoms with Gasteiger partial charge in [-0.05, 0) is 38.8 Å². The number of hydrogen-bond donors (Lipinski definition) is 0. The van der Waals surface area contributed by atoms with Gasteiger partial charge in [-0.25, -0.2) is 4.39 Å². The van der Waals surface area contributed by atoms with Crippen molar-refractivity contribution in [1.82, 2.24) is 15.2 Å². The number of benzene rings is 1. The summed E-state index contributed by atoms with van der Waals surface area (Å²) in [5, 5.41) is 8.91. The number of fused-ring (bicyclic) bond motifs is 1. The molecular formula is C19H20FN3O3. The second kappa shape index (κ2) is 6.55. The van der Waals surface area contributed by atoms with Gasteiger partial charge in [-0.2, -0.15) is 0 Å². The van der Waals surface area contributed by atoms with E-state index in [1.807, 2.05) is 18.7 Å². The maximum atomic E-state index is 13.3. The van der Waals surface area contributed by atoms with Crippen LogP contribution in [0, 0.1) is 19.7 Å². The van der Waals surface area contributed by atoms with Crippen LogP contribution in [0.1, 0.15) is 41.5 Å². The lowest BCUT2D eigenvalue weighted by Crippen LogP contribution is -2.39. The molecule has 26 heavy (non-hydrogen) atoms. The number of aryl methyl sites for hydroxylation is 2. The second-order valence-electron chi connectivity index (χ2n) is 6.84. The average Bonchev–Trinajstić information content (AvgIpc) is 3.19. The summed E-state index contributed by atoms with van der Waals surface area (Å²) in [6, 6.07) is 4.49. The smallest absolute Gasteiger partial charge is 0.227 e. The summed E-state index contributed by atoms with van der Waals surface area (Å²) in [7, 11) is 0. The van der Waals surface area contributed by atoms with E-state index in [1.165, 1.54) is 12.1 Å². The molecule has 1 aliphatic heterocycles. The fraction of sp³-hybridized carbons (Fsp3) is 0.421. The third-order valence-corrected chi connectivity index (χ3v) is 5.21. The molecule has 0 atom stereocenters. The number of halogens is 1. The zero-order valence-electron chi connectivity index (χ0n) is 14.8. The standard InChI is InChI=1S/C19H20FN3O3/c1-11-16(12(2)25-21-11)10-18(24)23-7-5-13(6-8-23)19-15-4-3-14(20)9-17(15)26-22-19/h3-4,9,13H,5-8,10H2,1-2H3. The van der Waals surface area contributed by atoms with Crippen molar-refractivity contribution in [2.45, 2.75) is 39.0 Å². The van der Waals surface area contributed by atoms with Crippen LogP contribution in [0.3, 0.4) is 0 Å². The minimum atomic E-state index is -0.333. The monoisotopic (exact) mass is 357 g/mol. The minimum absolute atomic E-state index is 0.0879. The topological polar surface area (TPSA) is 72.4 Å². The number of piperidine rings is 1. The van der Waals surface area contributed by atoms with Gasteiger partial charge in [-0.3, -0.25) is 4.79 Å². The first kappa shape index (κ1) is 16.8. The first-order chi connectivity index (χ1) is 12.5. The molecule has 0 spiro atoms. The Balaban J connectivity index is 1.43. The maximum absolute atomic E-state index is 13.3. The number of hydrogen-bond acceptors (Lipinski definition) is 5. The van der Waals surface area contributed by atoms with Crippen molar-refractivity contribution in [3.05, 3.63) is 46.7 Å². The van der Waals surface area contributed by atoms with E-state index >= 15 is 0 Å². The number of rotatable bonds is 3. The predicted octanol–water partition coefficient (Wildman–Crippen LogP) is 3.52. The predicted molar refractivity (Wildman–Crippen MR) is 92.2 cm³/mol. The van der Waals surface area contributed by atoms with E-state index in [-0.39, 0.29) is 17.6 Å². The van der Waals surface area contributed by atoms with Crippen LogP contribution in [0.15, 0.2) is 27.2 Å². The third kappa shape index (κ3) is 2.98. The normalized spacial score (nSPS) is 15.7. The minimum Gasteiger partial charge on any atom is -0.361 e. The number of amides is 1. The second-order valence-corrected chi connectivity index (χ2v) is 6.84. The fourth-order valence-electron chi connectivity index (χ4n) is 3.64. The van der Waals surface area contributed by atoms with Gasteiger partial charge in [0.2, 0.25) is 5.91 Å². The Morgan fingerprint density at radius 1 is 1.23 bits per heavy atom. The Bertz CT molecular complexity index is 935. The Morgan fingerprint density at radius 3 is 2.69 bits per heavy atom. The van der Waals surface area contributed by atoms with Crippen LogP contribution in [0.4, 0.5) is 4.39 Å². The van der Waals surface area contributed by atoms with Gasteiger partial charge in [0.15, 0.2) is 5.58 Å². The lowest BCUT2D eigenvalue weighted by Gasteiger charge is -2.31. The van der Waals surface area contributed by atoms with E-state index in [4.69, 9.17) is 9.05 Å². The van der Waals surface area contributed by atoms with Crippen LogP contribution in [0.25, 0.3) is 11.0 Å². The molecule has 1 aliphatic rings. The van der Waals surface area contributed by atoms with E-state index in [0.717, 1.165) is 35.2 Å². The highest BCUT2D eigenvalue weighted by Gasteiger charge is 2.28. The summed E-state index contributed by atoms with van der Waals surface area (Å²) < 4.78 is 23.7. The molecule has 3 heterocycles. The quantitative estimate of drug-likeness (QED) is 0.717. The Morgan fingerprint density at radius 2 is 2.00 bits per heavy atom. The molecule has 3 aromatic rings. The SMILES string of the molecule is Cc1noc(C)c1CC(=O)N1CCC(c2noc3cc(F)ccc23)CC1. The van der Waals surface area contributed by atoms with Gasteiger partial charge in [0.05, 0.1) is 17.8 Å². The van der Waals surface area contributed by atoms with Crippen LogP contribution in [-0.4, -0.2) is 34.2 Å². The van der Waals surface area contributed by atoms with Crippen molar-refractivity contribution in [3.63, 3.8) is 0 Å². The summed E-state index contributed by atoms with van der Waals surface area (Å²) >= 11 is 0. The average molecular weight is 357 g/mol. The lowest BCUT2D eigenvalue weighted by atomic mass is 9.91. The summed E-state index contributed by atoms with van der Waals surface area (Å²) in [6.45, 7) is 5.02. The number of nitrogens with zero attached hydrogens (tertiary/aromatic N) is 3. The molecular weight excluding hydrogens is 337 g/mol. The molecule has 0 radical (unpaired) electrons. The van der Waals surface area contributed by atoms with E-state index in [0.29, 0.717) is 30.9 Å². The highest BCUT2D eigenvalue weighted by atomic mass is 19.1. The number of carbonyl (C=O) groups is 1. The van der Waals surface area contributed by atoms with E-state index in [9.17, 15) is 9.18 Å². The number of carbonyl (C=O) groups excluding carboxylic acids is 1. The molecule has 136 valence electrons. The summed E-state index contributed by atoms with van der Waals surface area (Å²) in [5.74, 6) is 0.668. The van der Waals surface area contributed by atoms with Gasteiger partial charge in [-0.15, -0.1) is 0 Å². The molecule has 1 fully saturated rings. The molecule has 0 aliphatic carbocycles. The molecule has 1 saturated heterocycles. The van der Waals surface area contributed by atoms with Gasteiger partial charge in [-0.1, -0.05) is 10.3 Å². The number of aromatic nitrogens is 2. The molecule has 1 aromatic carbocycles. The first-order valence-corrected chi connectivity index (χ1v) is 8.77. The van der Waals surface area contributed by atoms with E-state index in [1.54, 1.807) is 6.07 Å². The molecule has 0 saturated carbocycles. The van der Waals surface area contributed by atoms with Crippen molar-refractivity contribution < 1.29 is 18.2 Å².